The third-order valence-electron chi connectivity index (χ3n) is 3.01. The summed E-state index contributed by atoms with van der Waals surface area (Å²) in [5.74, 6) is -0.334. The van der Waals surface area contributed by atoms with E-state index in [1.54, 1.807) is 6.07 Å². The molecule has 0 aliphatic heterocycles. The Bertz CT molecular complexity index is 601. The molecule has 0 aliphatic rings. The van der Waals surface area contributed by atoms with Gasteiger partial charge in [0.2, 0.25) is 0 Å². The molecule has 1 nitrogen and oxygen atoms in total. The van der Waals surface area contributed by atoms with Gasteiger partial charge in [0.15, 0.2) is 0 Å². The quantitative estimate of drug-likeness (QED) is 0.852. The zero-order valence-corrected chi connectivity index (χ0v) is 12.8. The maximum absolute atomic E-state index is 13.0. The van der Waals surface area contributed by atoms with Crippen molar-refractivity contribution in [1.29, 1.82) is 0 Å². The number of hydrogen-bond acceptors (Lipinski definition) is 1. The van der Waals surface area contributed by atoms with Gasteiger partial charge in [-0.3, -0.25) is 0 Å². The molecule has 0 fully saturated rings. The first kappa shape index (κ1) is 14.5. The normalized spacial score (nSPS) is 12.5. The molecule has 0 heterocycles. The Hall–Kier alpha value is -0.900. The standard InChI is InChI=1S/C15H14BrClFN/c1-9-2-5-12(13(16)6-9)15(19)7-10-3-4-11(18)8-14(10)17/h2-6,8,15H,7,19H2,1H3. The van der Waals surface area contributed by atoms with Gasteiger partial charge in [0.05, 0.1) is 0 Å². The molecule has 0 radical (unpaired) electrons. The van der Waals surface area contributed by atoms with Crippen molar-refractivity contribution in [3.63, 3.8) is 0 Å². The molecular formula is C15H14BrClFN. The maximum Gasteiger partial charge on any atom is 0.124 e. The summed E-state index contributed by atoms with van der Waals surface area (Å²) in [5.41, 5.74) is 9.24. The highest BCUT2D eigenvalue weighted by molar-refractivity contribution is 9.10. The van der Waals surface area contributed by atoms with Crippen LogP contribution in [0.5, 0.6) is 0 Å². The van der Waals surface area contributed by atoms with E-state index in [0.717, 1.165) is 15.6 Å². The van der Waals surface area contributed by atoms with E-state index in [-0.39, 0.29) is 11.9 Å². The average molecular weight is 343 g/mol. The van der Waals surface area contributed by atoms with E-state index >= 15 is 0 Å². The van der Waals surface area contributed by atoms with E-state index < -0.39 is 0 Å². The summed E-state index contributed by atoms with van der Waals surface area (Å²) >= 11 is 9.54. The minimum atomic E-state index is -0.334. The van der Waals surface area contributed by atoms with E-state index in [2.05, 4.69) is 15.9 Å². The van der Waals surface area contributed by atoms with Gasteiger partial charge in [-0.05, 0) is 48.2 Å². The van der Waals surface area contributed by atoms with Crippen LogP contribution >= 0.6 is 27.5 Å². The van der Waals surface area contributed by atoms with E-state index in [1.807, 2.05) is 25.1 Å². The lowest BCUT2D eigenvalue weighted by Crippen LogP contribution is -2.14. The zero-order valence-electron chi connectivity index (χ0n) is 10.5. The van der Waals surface area contributed by atoms with Crippen LogP contribution in [0, 0.1) is 12.7 Å². The maximum atomic E-state index is 13.0. The molecule has 2 N–H and O–H groups in total. The summed E-state index contributed by atoms with van der Waals surface area (Å²) < 4.78 is 14.0. The Labute approximate surface area is 125 Å². The van der Waals surface area contributed by atoms with Gasteiger partial charge in [0.25, 0.3) is 0 Å². The van der Waals surface area contributed by atoms with Gasteiger partial charge in [-0.2, -0.15) is 0 Å². The number of halogens is 3. The molecule has 1 unspecified atom stereocenters. The lowest BCUT2D eigenvalue weighted by Gasteiger charge is -2.15. The fourth-order valence-electron chi connectivity index (χ4n) is 1.97. The molecule has 0 bridgehead atoms. The summed E-state index contributed by atoms with van der Waals surface area (Å²) in [6, 6.07) is 10.3. The minimum absolute atomic E-state index is 0.182. The Morgan fingerprint density at radius 2 is 2.00 bits per heavy atom. The van der Waals surface area contributed by atoms with Crippen molar-refractivity contribution in [3.8, 4) is 0 Å². The van der Waals surface area contributed by atoms with E-state index in [4.69, 9.17) is 17.3 Å². The van der Waals surface area contributed by atoms with Crippen LogP contribution in [0.2, 0.25) is 5.02 Å². The zero-order chi connectivity index (χ0) is 14.0. The Balaban J connectivity index is 2.23. The Kier molecular flexibility index (Phi) is 4.61. The summed E-state index contributed by atoms with van der Waals surface area (Å²) in [7, 11) is 0. The van der Waals surface area contributed by atoms with Gasteiger partial charge < -0.3 is 5.73 Å². The highest BCUT2D eigenvalue weighted by atomic mass is 79.9. The molecule has 0 spiro atoms. The predicted molar refractivity (Wildman–Crippen MR) is 80.9 cm³/mol. The number of aryl methyl sites for hydroxylation is 1. The first-order valence-electron chi connectivity index (χ1n) is 5.93. The first-order valence-corrected chi connectivity index (χ1v) is 7.10. The third kappa shape index (κ3) is 3.56. The van der Waals surface area contributed by atoms with Crippen LogP contribution in [-0.4, -0.2) is 0 Å². The van der Waals surface area contributed by atoms with Crippen molar-refractivity contribution in [2.45, 2.75) is 19.4 Å². The molecule has 0 saturated heterocycles. The number of nitrogens with two attached hydrogens (primary N) is 1. The molecule has 0 aromatic heterocycles. The third-order valence-corrected chi connectivity index (χ3v) is 4.05. The molecule has 2 rings (SSSR count). The van der Waals surface area contributed by atoms with Crippen molar-refractivity contribution in [3.05, 3.63) is 68.4 Å². The lowest BCUT2D eigenvalue weighted by atomic mass is 9.99. The van der Waals surface area contributed by atoms with E-state index in [0.29, 0.717) is 11.4 Å². The van der Waals surface area contributed by atoms with Gasteiger partial charge in [-0.25, -0.2) is 4.39 Å². The molecule has 0 saturated carbocycles. The van der Waals surface area contributed by atoms with Crippen LogP contribution in [0.3, 0.4) is 0 Å². The van der Waals surface area contributed by atoms with Gasteiger partial charge in [-0.15, -0.1) is 0 Å². The molecular weight excluding hydrogens is 329 g/mol. The van der Waals surface area contributed by atoms with Crippen molar-refractivity contribution in [2.75, 3.05) is 0 Å². The minimum Gasteiger partial charge on any atom is -0.324 e. The van der Waals surface area contributed by atoms with Crippen LogP contribution in [0.25, 0.3) is 0 Å². The second kappa shape index (κ2) is 6.04. The number of hydrogen-bond donors (Lipinski definition) is 1. The van der Waals surface area contributed by atoms with E-state index in [9.17, 15) is 4.39 Å². The lowest BCUT2D eigenvalue weighted by molar-refractivity contribution is 0.625. The van der Waals surface area contributed by atoms with Crippen LogP contribution in [0.4, 0.5) is 4.39 Å². The monoisotopic (exact) mass is 341 g/mol. The molecule has 2 aromatic rings. The smallest absolute Gasteiger partial charge is 0.124 e. The summed E-state index contributed by atoms with van der Waals surface area (Å²) in [4.78, 5) is 0. The van der Waals surface area contributed by atoms with Crippen molar-refractivity contribution in [1.82, 2.24) is 0 Å². The predicted octanol–water partition coefficient (Wildman–Crippen LogP) is 4.79. The summed E-state index contributed by atoms with van der Waals surface area (Å²) in [6.07, 6.45) is 0.570. The molecule has 2 aromatic carbocycles. The number of rotatable bonds is 3. The van der Waals surface area contributed by atoms with Crippen LogP contribution < -0.4 is 5.73 Å². The Morgan fingerprint density at radius 3 is 2.63 bits per heavy atom. The second-order valence-electron chi connectivity index (χ2n) is 4.57. The highest BCUT2D eigenvalue weighted by Crippen LogP contribution is 2.28. The van der Waals surface area contributed by atoms with Crippen molar-refractivity contribution in [2.24, 2.45) is 5.73 Å². The summed E-state index contributed by atoms with van der Waals surface area (Å²) in [6.45, 7) is 2.02. The largest absolute Gasteiger partial charge is 0.324 e. The molecule has 100 valence electrons. The SMILES string of the molecule is Cc1ccc(C(N)Cc2ccc(F)cc2Cl)c(Br)c1. The fourth-order valence-corrected chi connectivity index (χ4v) is 3.00. The van der Waals surface area contributed by atoms with Gasteiger partial charge in [0.1, 0.15) is 5.82 Å². The fraction of sp³-hybridized carbons (Fsp3) is 0.200. The molecule has 19 heavy (non-hydrogen) atoms. The van der Waals surface area contributed by atoms with Gasteiger partial charge in [-0.1, -0.05) is 45.7 Å². The highest BCUT2D eigenvalue weighted by Gasteiger charge is 2.13. The Morgan fingerprint density at radius 1 is 1.26 bits per heavy atom. The van der Waals surface area contributed by atoms with Gasteiger partial charge >= 0.3 is 0 Å². The topological polar surface area (TPSA) is 26.0 Å². The average Bonchev–Trinajstić information content (AvgIpc) is 2.32. The molecule has 0 amide bonds. The van der Waals surface area contributed by atoms with Crippen LogP contribution in [-0.2, 0) is 6.42 Å². The van der Waals surface area contributed by atoms with Gasteiger partial charge in [0, 0.05) is 15.5 Å². The molecule has 4 heteroatoms. The first-order chi connectivity index (χ1) is 8.97. The molecule has 1 atom stereocenters. The van der Waals surface area contributed by atoms with Crippen molar-refractivity contribution >= 4 is 27.5 Å². The van der Waals surface area contributed by atoms with E-state index in [1.165, 1.54) is 17.7 Å². The molecule has 0 aliphatic carbocycles. The van der Waals surface area contributed by atoms with Crippen molar-refractivity contribution < 1.29 is 4.39 Å². The summed E-state index contributed by atoms with van der Waals surface area (Å²) in [5, 5.41) is 0.415. The van der Waals surface area contributed by atoms with Crippen LogP contribution in [0.15, 0.2) is 40.9 Å². The second-order valence-corrected chi connectivity index (χ2v) is 5.83. The number of benzene rings is 2. The van der Waals surface area contributed by atoms with Crippen LogP contribution in [0.1, 0.15) is 22.7 Å².